The quantitative estimate of drug-likeness (QED) is 0.516. The monoisotopic (exact) mass is 372 g/mol. The zero-order chi connectivity index (χ0) is 18.6. The van der Waals surface area contributed by atoms with E-state index in [0.717, 1.165) is 31.1 Å². The van der Waals surface area contributed by atoms with E-state index in [4.69, 9.17) is 9.47 Å². The molecule has 0 aromatic rings. The lowest BCUT2D eigenvalue weighted by Gasteiger charge is -2.60. The summed E-state index contributed by atoms with van der Waals surface area (Å²) in [4.78, 5) is 24.9. The van der Waals surface area contributed by atoms with Crippen molar-refractivity contribution >= 4 is 11.9 Å². The number of carbonyl (C=O) groups excluding carboxylic acids is 2. The first-order valence-corrected chi connectivity index (χ1v) is 11.1. The van der Waals surface area contributed by atoms with Gasteiger partial charge in [0.05, 0.1) is 12.3 Å². The average molecular weight is 373 g/mol. The van der Waals surface area contributed by atoms with E-state index in [1.807, 2.05) is 0 Å². The van der Waals surface area contributed by atoms with Gasteiger partial charge in [0.15, 0.2) is 0 Å². The van der Waals surface area contributed by atoms with Gasteiger partial charge < -0.3 is 9.47 Å². The van der Waals surface area contributed by atoms with E-state index in [1.54, 1.807) is 0 Å². The third-order valence-electron chi connectivity index (χ3n) is 8.51. The first kappa shape index (κ1) is 17.8. The fourth-order valence-electron chi connectivity index (χ4n) is 7.45. The Balaban J connectivity index is 1.14. The molecule has 27 heavy (non-hydrogen) atoms. The number of allylic oxidation sites excluding steroid dienone is 2. The van der Waals surface area contributed by atoms with Crippen LogP contribution in [0.15, 0.2) is 12.2 Å². The van der Waals surface area contributed by atoms with Crippen molar-refractivity contribution < 1.29 is 19.1 Å². The van der Waals surface area contributed by atoms with Crippen LogP contribution >= 0.6 is 0 Å². The second kappa shape index (κ2) is 6.63. The molecule has 5 fully saturated rings. The molecule has 4 nitrogen and oxygen atoms in total. The first-order chi connectivity index (χ1) is 13.1. The van der Waals surface area contributed by atoms with Gasteiger partial charge in [-0.15, -0.1) is 0 Å². The number of esters is 2. The number of hydrogen-bond donors (Lipinski definition) is 0. The minimum atomic E-state index is -0.246. The third-order valence-corrected chi connectivity index (χ3v) is 8.51. The molecule has 6 aliphatic rings. The molecule has 0 aromatic heterocycles. The fraction of sp³-hybridized carbons (Fsp3) is 0.826. The summed E-state index contributed by atoms with van der Waals surface area (Å²) >= 11 is 0. The highest BCUT2D eigenvalue weighted by Crippen LogP contribution is 2.60. The van der Waals surface area contributed by atoms with Gasteiger partial charge in [-0.3, -0.25) is 9.59 Å². The Morgan fingerprint density at radius 2 is 1.67 bits per heavy atom. The maximum absolute atomic E-state index is 12.6. The second-order valence-corrected chi connectivity index (χ2v) is 9.89. The Morgan fingerprint density at radius 3 is 2.22 bits per heavy atom. The van der Waals surface area contributed by atoms with E-state index in [-0.39, 0.29) is 36.5 Å². The molecule has 0 spiro atoms. The van der Waals surface area contributed by atoms with Crippen LogP contribution in [-0.4, -0.2) is 24.1 Å². The van der Waals surface area contributed by atoms with Gasteiger partial charge >= 0.3 is 11.9 Å². The van der Waals surface area contributed by atoms with Crippen LogP contribution in [-0.2, 0) is 19.1 Å². The van der Waals surface area contributed by atoms with Crippen LogP contribution in [0.2, 0.25) is 0 Å². The molecular formula is C23H32O4. The van der Waals surface area contributed by atoms with Crippen LogP contribution in [0.5, 0.6) is 0 Å². The summed E-state index contributed by atoms with van der Waals surface area (Å²) in [6.07, 6.45) is 13.8. The second-order valence-electron chi connectivity index (χ2n) is 9.89. The molecule has 3 unspecified atom stereocenters. The van der Waals surface area contributed by atoms with Crippen molar-refractivity contribution in [2.24, 2.45) is 41.4 Å². The largest absolute Gasteiger partial charge is 0.465 e. The van der Waals surface area contributed by atoms with Crippen molar-refractivity contribution in [3.05, 3.63) is 12.2 Å². The Kier molecular flexibility index (Phi) is 4.36. The van der Waals surface area contributed by atoms with Gasteiger partial charge in [0.1, 0.15) is 12.2 Å². The lowest BCUT2D eigenvalue weighted by atomic mass is 9.49. The molecule has 6 bridgehead atoms. The van der Waals surface area contributed by atoms with Crippen molar-refractivity contribution in [1.29, 1.82) is 0 Å². The van der Waals surface area contributed by atoms with Gasteiger partial charge in [-0.1, -0.05) is 19.1 Å². The van der Waals surface area contributed by atoms with Crippen molar-refractivity contribution in [1.82, 2.24) is 0 Å². The molecule has 6 aliphatic carbocycles. The maximum Gasteiger partial charge on any atom is 0.309 e. The fourth-order valence-corrected chi connectivity index (χ4v) is 7.45. The maximum atomic E-state index is 12.6. The van der Waals surface area contributed by atoms with Gasteiger partial charge in [0.25, 0.3) is 0 Å². The number of fused-ring (bicyclic) bond motifs is 2. The molecule has 0 N–H and O–H groups in total. The molecular weight excluding hydrogens is 340 g/mol. The third kappa shape index (κ3) is 2.94. The normalized spacial score (nSPS) is 46.0. The van der Waals surface area contributed by atoms with Gasteiger partial charge in [0, 0.05) is 0 Å². The lowest BCUT2D eigenvalue weighted by molar-refractivity contribution is -0.211. The summed E-state index contributed by atoms with van der Waals surface area (Å²) in [5, 5.41) is 0. The molecule has 0 radical (unpaired) electrons. The molecule has 6 rings (SSSR count). The van der Waals surface area contributed by atoms with E-state index < -0.39 is 0 Å². The highest BCUT2D eigenvalue weighted by molar-refractivity contribution is 5.75. The van der Waals surface area contributed by atoms with E-state index in [1.165, 1.54) is 32.1 Å². The predicted octanol–water partition coefficient (Wildman–Crippen LogP) is 4.28. The Labute approximate surface area is 162 Å². The van der Waals surface area contributed by atoms with Crippen LogP contribution in [0.25, 0.3) is 0 Å². The van der Waals surface area contributed by atoms with Crippen LogP contribution in [0.4, 0.5) is 0 Å². The topological polar surface area (TPSA) is 52.6 Å². The van der Waals surface area contributed by atoms with Gasteiger partial charge in [-0.05, 0) is 86.9 Å². The molecule has 0 aliphatic heterocycles. The summed E-state index contributed by atoms with van der Waals surface area (Å²) in [6.45, 7) is 2.34. The summed E-state index contributed by atoms with van der Waals surface area (Å²) in [5.74, 6) is 3.43. The molecule has 148 valence electrons. The minimum absolute atomic E-state index is 0.00225. The molecule has 0 amide bonds. The molecule has 0 heterocycles. The first-order valence-electron chi connectivity index (χ1n) is 11.1. The summed E-state index contributed by atoms with van der Waals surface area (Å²) in [5.41, 5.74) is -0.246. The molecule has 5 saturated carbocycles. The van der Waals surface area contributed by atoms with Crippen LogP contribution in [0.3, 0.4) is 0 Å². The van der Waals surface area contributed by atoms with E-state index >= 15 is 0 Å². The van der Waals surface area contributed by atoms with E-state index in [9.17, 15) is 9.59 Å². The van der Waals surface area contributed by atoms with Crippen LogP contribution in [0, 0.1) is 41.4 Å². The molecule has 0 aromatic carbocycles. The zero-order valence-electron chi connectivity index (χ0n) is 16.4. The number of ether oxygens (including phenoxy) is 2. The zero-order valence-corrected chi connectivity index (χ0v) is 16.4. The smallest absolute Gasteiger partial charge is 0.309 e. The highest BCUT2D eigenvalue weighted by atomic mass is 16.6. The number of hydrogen-bond acceptors (Lipinski definition) is 4. The highest BCUT2D eigenvalue weighted by Gasteiger charge is 2.58. The Hall–Kier alpha value is -1.32. The molecule has 3 atom stereocenters. The van der Waals surface area contributed by atoms with Gasteiger partial charge in [-0.25, -0.2) is 0 Å². The van der Waals surface area contributed by atoms with Crippen LogP contribution < -0.4 is 0 Å². The standard InChI is InChI=1S/C23H32O4/c1-2-23(18-9-15-7-16(11-18)12-19(23)10-15)27-21(24)5-6-26-22(25)20-13-14-3-4-17(20)8-14/h3-4,14-20H,2,5-13H2,1H3. The van der Waals surface area contributed by atoms with E-state index in [2.05, 4.69) is 19.1 Å². The number of rotatable bonds is 6. The Morgan fingerprint density at radius 1 is 0.963 bits per heavy atom. The summed E-state index contributed by atoms with van der Waals surface area (Å²) < 4.78 is 11.6. The van der Waals surface area contributed by atoms with Crippen molar-refractivity contribution in [2.45, 2.75) is 70.3 Å². The summed E-state index contributed by atoms with van der Waals surface area (Å²) in [7, 11) is 0. The van der Waals surface area contributed by atoms with Crippen molar-refractivity contribution in [2.75, 3.05) is 6.61 Å². The van der Waals surface area contributed by atoms with Gasteiger partial charge in [0.2, 0.25) is 0 Å². The lowest BCUT2D eigenvalue weighted by Crippen LogP contribution is -2.59. The average Bonchev–Trinajstić information content (AvgIpc) is 3.27. The van der Waals surface area contributed by atoms with Gasteiger partial charge in [-0.2, -0.15) is 0 Å². The number of carbonyl (C=O) groups is 2. The van der Waals surface area contributed by atoms with Crippen LogP contribution in [0.1, 0.15) is 64.7 Å². The van der Waals surface area contributed by atoms with Crippen molar-refractivity contribution in [3.8, 4) is 0 Å². The van der Waals surface area contributed by atoms with E-state index in [0.29, 0.717) is 23.7 Å². The Bertz CT molecular complexity index is 623. The molecule has 4 heteroatoms. The summed E-state index contributed by atoms with van der Waals surface area (Å²) in [6, 6.07) is 0. The van der Waals surface area contributed by atoms with Crippen molar-refractivity contribution in [3.63, 3.8) is 0 Å². The minimum Gasteiger partial charge on any atom is -0.465 e. The predicted molar refractivity (Wildman–Crippen MR) is 101 cm³/mol. The molecule has 0 saturated heterocycles. The SMILES string of the molecule is CCC1(OC(=O)CCOC(=O)C2CC3C=CC2C3)C2CC3CC(C2)CC1C3.